The van der Waals surface area contributed by atoms with E-state index >= 15 is 0 Å². The topological polar surface area (TPSA) is 38.1 Å². The molecule has 2 aliphatic carbocycles. The number of allylic oxidation sites excluding steroid dienone is 2. The van der Waals surface area contributed by atoms with Crippen molar-refractivity contribution in [1.82, 2.24) is 9.97 Å². The molecule has 5 aromatic carbocycles. The van der Waals surface area contributed by atoms with Crippen LogP contribution < -0.4 is 0 Å². The highest BCUT2D eigenvalue weighted by molar-refractivity contribution is 6.12. The molecule has 0 amide bonds. The Morgan fingerprint density at radius 3 is 2.12 bits per heavy atom. The molecular formula is C45H31N3. The standard InChI is InChI=1S/C45H31N3/c1-2-10-33-32(9-1)27-38(35-12-4-3-11-34(33)35)42-26-24-31-22-21-30-23-25-39(47-44(30)45(31)48-42)28-17-19-29(20-18-28)43-36-13-5-7-15-40(36)46-41-16-8-6-14-37(41)43/h1-2,4-10,12-27,30,44H,3,11H2. The number of pyridine rings is 2. The first-order chi connectivity index (χ1) is 23.8. The summed E-state index contributed by atoms with van der Waals surface area (Å²) in [5.74, 6) is 0.184. The Labute approximate surface area is 279 Å². The lowest BCUT2D eigenvalue weighted by molar-refractivity contribution is 0.592. The average Bonchev–Trinajstić information content (AvgIpc) is 3.16. The summed E-state index contributed by atoms with van der Waals surface area (Å²) >= 11 is 0. The van der Waals surface area contributed by atoms with Gasteiger partial charge >= 0.3 is 0 Å². The van der Waals surface area contributed by atoms with E-state index in [4.69, 9.17) is 15.0 Å². The van der Waals surface area contributed by atoms with E-state index in [0.717, 1.165) is 62.9 Å². The first-order valence-corrected chi connectivity index (χ1v) is 16.8. The first-order valence-electron chi connectivity index (χ1n) is 16.8. The summed E-state index contributed by atoms with van der Waals surface area (Å²) in [6.07, 6.45) is 15.7. The van der Waals surface area contributed by atoms with Gasteiger partial charge in [0, 0.05) is 27.8 Å². The highest BCUT2D eigenvalue weighted by Crippen LogP contribution is 2.41. The van der Waals surface area contributed by atoms with Crippen LogP contribution in [0, 0.1) is 5.92 Å². The van der Waals surface area contributed by atoms with Crippen LogP contribution >= 0.6 is 0 Å². The van der Waals surface area contributed by atoms with Gasteiger partial charge in [-0.25, -0.2) is 9.97 Å². The van der Waals surface area contributed by atoms with Crippen LogP contribution in [-0.4, -0.2) is 15.7 Å². The van der Waals surface area contributed by atoms with E-state index in [-0.39, 0.29) is 12.0 Å². The monoisotopic (exact) mass is 613 g/mol. The van der Waals surface area contributed by atoms with Gasteiger partial charge in [0.25, 0.3) is 0 Å². The maximum atomic E-state index is 5.39. The molecule has 0 N–H and O–H groups in total. The van der Waals surface area contributed by atoms with Crippen LogP contribution in [0.25, 0.3) is 67.1 Å². The molecule has 3 heterocycles. The van der Waals surface area contributed by atoms with Crippen molar-refractivity contribution >= 4 is 50.4 Å². The Morgan fingerprint density at radius 1 is 0.604 bits per heavy atom. The number of benzene rings is 5. The number of fused-ring (bicyclic) bond motifs is 8. The van der Waals surface area contributed by atoms with Gasteiger partial charge < -0.3 is 0 Å². The second-order valence-electron chi connectivity index (χ2n) is 13.0. The zero-order valence-electron chi connectivity index (χ0n) is 26.3. The molecule has 10 rings (SSSR count). The van der Waals surface area contributed by atoms with Crippen molar-refractivity contribution in [2.24, 2.45) is 10.9 Å². The number of dihydropyridines is 1. The zero-order valence-corrected chi connectivity index (χ0v) is 26.3. The molecule has 2 atom stereocenters. The normalized spacial score (nSPS) is 17.7. The Bertz CT molecular complexity index is 2510. The number of aryl methyl sites for hydroxylation is 1. The maximum absolute atomic E-state index is 5.39. The fraction of sp³-hybridized carbons (Fsp3) is 0.0889. The third-order valence-electron chi connectivity index (χ3n) is 10.2. The summed E-state index contributed by atoms with van der Waals surface area (Å²) in [6, 6.07) is 41.1. The van der Waals surface area contributed by atoms with Crippen molar-refractivity contribution in [2.75, 3.05) is 0 Å². The van der Waals surface area contributed by atoms with Crippen molar-refractivity contribution in [3.05, 3.63) is 168 Å². The number of nitrogens with zero attached hydrogens (tertiary/aromatic N) is 3. The van der Waals surface area contributed by atoms with E-state index < -0.39 is 0 Å². The Morgan fingerprint density at radius 2 is 1.31 bits per heavy atom. The summed E-state index contributed by atoms with van der Waals surface area (Å²) in [5.41, 5.74) is 13.7. The third kappa shape index (κ3) is 4.31. The fourth-order valence-electron chi connectivity index (χ4n) is 7.90. The number of rotatable bonds is 3. The Hall–Kier alpha value is -5.93. The first kappa shape index (κ1) is 27.2. The summed E-state index contributed by atoms with van der Waals surface area (Å²) in [7, 11) is 0. The molecule has 2 unspecified atom stereocenters. The van der Waals surface area contributed by atoms with Gasteiger partial charge in [-0.1, -0.05) is 121 Å². The van der Waals surface area contributed by atoms with Gasteiger partial charge in [-0.15, -0.1) is 0 Å². The zero-order chi connectivity index (χ0) is 31.6. The molecule has 7 aromatic rings. The summed E-state index contributed by atoms with van der Waals surface area (Å²) in [4.78, 5) is 15.7. The van der Waals surface area contributed by atoms with E-state index in [1.807, 2.05) is 0 Å². The minimum atomic E-state index is -0.0652. The van der Waals surface area contributed by atoms with Crippen molar-refractivity contribution in [1.29, 1.82) is 0 Å². The van der Waals surface area contributed by atoms with E-state index in [1.54, 1.807) is 0 Å². The molecule has 0 bridgehead atoms. The van der Waals surface area contributed by atoms with Crippen LogP contribution in [-0.2, 0) is 6.42 Å². The molecule has 3 heteroatoms. The van der Waals surface area contributed by atoms with Gasteiger partial charge in [0.2, 0.25) is 0 Å². The molecule has 48 heavy (non-hydrogen) atoms. The van der Waals surface area contributed by atoms with Crippen LogP contribution in [0.15, 0.2) is 145 Å². The van der Waals surface area contributed by atoms with Gasteiger partial charge in [-0.05, 0) is 81.8 Å². The third-order valence-corrected chi connectivity index (χ3v) is 10.2. The lowest BCUT2D eigenvalue weighted by atomic mass is 9.84. The van der Waals surface area contributed by atoms with Gasteiger partial charge in [-0.2, -0.15) is 0 Å². The van der Waals surface area contributed by atoms with Gasteiger partial charge in [-0.3, -0.25) is 4.99 Å². The maximum Gasteiger partial charge on any atom is 0.103 e. The average molecular weight is 614 g/mol. The fourth-order valence-corrected chi connectivity index (χ4v) is 7.90. The second kappa shape index (κ2) is 10.8. The highest BCUT2D eigenvalue weighted by atomic mass is 14.9. The minimum absolute atomic E-state index is 0.0652. The minimum Gasteiger partial charge on any atom is -0.274 e. The van der Waals surface area contributed by atoms with E-state index in [0.29, 0.717) is 0 Å². The van der Waals surface area contributed by atoms with Crippen LogP contribution in [0.5, 0.6) is 0 Å². The van der Waals surface area contributed by atoms with Gasteiger partial charge in [0.05, 0.1) is 28.1 Å². The molecule has 3 aliphatic rings. The highest BCUT2D eigenvalue weighted by Gasteiger charge is 2.29. The lowest BCUT2D eigenvalue weighted by Crippen LogP contribution is -2.19. The van der Waals surface area contributed by atoms with Crippen molar-refractivity contribution < 1.29 is 0 Å². The van der Waals surface area contributed by atoms with Crippen LogP contribution in [0.1, 0.15) is 40.4 Å². The summed E-state index contributed by atoms with van der Waals surface area (Å²) < 4.78 is 0. The second-order valence-corrected chi connectivity index (χ2v) is 13.0. The van der Waals surface area contributed by atoms with E-state index in [1.165, 1.54) is 38.6 Å². The summed E-state index contributed by atoms with van der Waals surface area (Å²) in [5, 5.41) is 4.95. The number of aliphatic imine (C=N–C) groups is 1. The molecule has 3 nitrogen and oxygen atoms in total. The van der Waals surface area contributed by atoms with Crippen molar-refractivity contribution in [3.63, 3.8) is 0 Å². The molecule has 1 aliphatic heterocycles. The molecule has 226 valence electrons. The Balaban J connectivity index is 1.05. The van der Waals surface area contributed by atoms with Crippen LogP contribution in [0.3, 0.4) is 0 Å². The number of aromatic nitrogens is 2. The SMILES string of the molecule is C1=Cc2c(-c3ccc4c(n3)C3N=C(c5ccc(-c6c7ccccc7nc7ccccc67)cc5)C=CC3C=C4)cc3ccccc3c2CC1. The predicted molar refractivity (Wildman–Crippen MR) is 200 cm³/mol. The molecule has 0 radical (unpaired) electrons. The number of hydrogen-bond donors (Lipinski definition) is 0. The molecule has 0 saturated carbocycles. The lowest BCUT2D eigenvalue weighted by Gasteiger charge is -2.28. The van der Waals surface area contributed by atoms with Gasteiger partial charge in [0.15, 0.2) is 0 Å². The Kier molecular flexibility index (Phi) is 6.13. The van der Waals surface area contributed by atoms with E-state index in [9.17, 15) is 0 Å². The van der Waals surface area contributed by atoms with Crippen LogP contribution in [0.4, 0.5) is 0 Å². The number of para-hydroxylation sites is 2. The van der Waals surface area contributed by atoms with Gasteiger partial charge in [0.1, 0.15) is 6.04 Å². The van der Waals surface area contributed by atoms with E-state index in [2.05, 4.69) is 152 Å². The predicted octanol–water partition coefficient (Wildman–Crippen LogP) is 11.0. The van der Waals surface area contributed by atoms with Crippen molar-refractivity contribution in [3.8, 4) is 22.4 Å². The van der Waals surface area contributed by atoms with Crippen LogP contribution in [0.2, 0.25) is 0 Å². The molecule has 0 spiro atoms. The number of hydrogen-bond acceptors (Lipinski definition) is 3. The quantitative estimate of drug-likeness (QED) is 0.186. The smallest absolute Gasteiger partial charge is 0.103 e. The summed E-state index contributed by atoms with van der Waals surface area (Å²) in [6.45, 7) is 0. The molecule has 2 aromatic heterocycles. The molecular weight excluding hydrogens is 583 g/mol. The molecule has 0 fully saturated rings. The largest absolute Gasteiger partial charge is 0.274 e. The van der Waals surface area contributed by atoms with Crippen molar-refractivity contribution in [2.45, 2.75) is 18.9 Å². The molecule has 0 saturated heterocycles.